The lowest BCUT2D eigenvalue weighted by molar-refractivity contribution is -0.171. The molecule has 1 aliphatic heterocycles. The standard InChI is InChI=1S/C11H18O4/c1-3-11(4-2)9(12)14-7-5-6-8-15-10(11)13/h3-8H2,1-2H3. The van der Waals surface area contributed by atoms with E-state index in [2.05, 4.69) is 0 Å². The number of carbonyl (C=O) groups is 2. The van der Waals surface area contributed by atoms with Gasteiger partial charge in [0.1, 0.15) is 0 Å². The average molecular weight is 214 g/mol. The molecule has 1 rings (SSSR count). The number of rotatable bonds is 2. The molecule has 1 saturated heterocycles. The maximum atomic E-state index is 11.8. The third-order valence-corrected chi connectivity index (χ3v) is 2.99. The zero-order chi connectivity index (χ0) is 11.3. The summed E-state index contributed by atoms with van der Waals surface area (Å²) in [5.41, 5.74) is -1.08. The van der Waals surface area contributed by atoms with Gasteiger partial charge >= 0.3 is 11.9 Å². The van der Waals surface area contributed by atoms with Crippen LogP contribution in [-0.4, -0.2) is 25.2 Å². The molecule has 1 heterocycles. The highest BCUT2D eigenvalue weighted by atomic mass is 16.6. The molecule has 0 aromatic carbocycles. The van der Waals surface area contributed by atoms with Crippen LogP contribution in [0.2, 0.25) is 0 Å². The Morgan fingerprint density at radius 1 is 1.00 bits per heavy atom. The zero-order valence-corrected chi connectivity index (χ0v) is 9.38. The summed E-state index contributed by atoms with van der Waals surface area (Å²) in [6.07, 6.45) is 2.37. The van der Waals surface area contributed by atoms with Crippen LogP contribution in [0.5, 0.6) is 0 Å². The maximum absolute atomic E-state index is 11.8. The number of carbonyl (C=O) groups excluding carboxylic acids is 2. The monoisotopic (exact) mass is 214 g/mol. The van der Waals surface area contributed by atoms with Crippen molar-refractivity contribution >= 4 is 11.9 Å². The van der Waals surface area contributed by atoms with Gasteiger partial charge in [-0.3, -0.25) is 9.59 Å². The van der Waals surface area contributed by atoms with Gasteiger partial charge in [0, 0.05) is 0 Å². The first-order valence-electron chi connectivity index (χ1n) is 5.52. The largest absolute Gasteiger partial charge is 0.465 e. The lowest BCUT2D eigenvalue weighted by Crippen LogP contribution is -2.40. The van der Waals surface area contributed by atoms with Crippen molar-refractivity contribution in [2.75, 3.05) is 13.2 Å². The van der Waals surface area contributed by atoms with Crippen LogP contribution in [0.15, 0.2) is 0 Å². The lowest BCUT2D eigenvalue weighted by Gasteiger charge is -2.25. The van der Waals surface area contributed by atoms with Crippen LogP contribution in [0, 0.1) is 5.41 Å². The average Bonchev–Trinajstić information content (AvgIpc) is 2.30. The Morgan fingerprint density at radius 3 is 1.73 bits per heavy atom. The number of cyclic esters (lactones) is 2. The Kier molecular flexibility index (Phi) is 4.12. The van der Waals surface area contributed by atoms with E-state index in [0.29, 0.717) is 26.1 Å². The van der Waals surface area contributed by atoms with E-state index in [9.17, 15) is 9.59 Å². The molecular weight excluding hydrogens is 196 g/mol. The van der Waals surface area contributed by atoms with Crippen molar-refractivity contribution < 1.29 is 19.1 Å². The fraction of sp³-hybridized carbons (Fsp3) is 0.818. The fourth-order valence-corrected chi connectivity index (χ4v) is 1.72. The van der Waals surface area contributed by atoms with Gasteiger partial charge in [0.2, 0.25) is 0 Å². The number of hydrogen-bond donors (Lipinski definition) is 0. The van der Waals surface area contributed by atoms with Crippen LogP contribution >= 0.6 is 0 Å². The van der Waals surface area contributed by atoms with Crippen LogP contribution in [0.1, 0.15) is 39.5 Å². The van der Waals surface area contributed by atoms with Crippen molar-refractivity contribution in [2.24, 2.45) is 5.41 Å². The molecule has 0 unspecified atom stereocenters. The molecule has 0 amide bonds. The summed E-state index contributed by atoms with van der Waals surface area (Å²) in [6.45, 7) is 4.39. The quantitative estimate of drug-likeness (QED) is 0.518. The van der Waals surface area contributed by atoms with Crippen molar-refractivity contribution in [3.05, 3.63) is 0 Å². The Morgan fingerprint density at radius 2 is 1.40 bits per heavy atom. The van der Waals surface area contributed by atoms with Crippen LogP contribution in [-0.2, 0) is 19.1 Å². The lowest BCUT2D eigenvalue weighted by atomic mass is 9.82. The van der Waals surface area contributed by atoms with E-state index < -0.39 is 17.4 Å². The van der Waals surface area contributed by atoms with Crippen LogP contribution in [0.25, 0.3) is 0 Å². The molecule has 0 atom stereocenters. The second-order valence-corrected chi connectivity index (χ2v) is 3.77. The Bertz CT molecular complexity index is 221. The van der Waals surface area contributed by atoms with E-state index in [1.54, 1.807) is 0 Å². The zero-order valence-electron chi connectivity index (χ0n) is 9.38. The predicted octanol–water partition coefficient (Wildman–Crippen LogP) is 1.67. The molecule has 0 spiro atoms. The highest BCUT2D eigenvalue weighted by molar-refractivity contribution is 6.00. The molecule has 0 aromatic rings. The van der Waals surface area contributed by atoms with Crippen LogP contribution < -0.4 is 0 Å². The minimum Gasteiger partial charge on any atom is -0.465 e. The SMILES string of the molecule is CCC1(CC)C(=O)OCCCCOC1=O. The molecule has 86 valence electrons. The summed E-state index contributed by atoms with van der Waals surface area (Å²) in [4.78, 5) is 23.6. The van der Waals surface area contributed by atoms with Crippen molar-refractivity contribution in [3.63, 3.8) is 0 Å². The van der Waals surface area contributed by atoms with Crippen LogP contribution in [0.4, 0.5) is 0 Å². The maximum Gasteiger partial charge on any atom is 0.323 e. The molecule has 0 radical (unpaired) electrons. The third-order valence-electron chi connectivity index (χ3n) is 2.99. The molecule has 0 aliphatic carbocycles. The summed E-state index contributed by atoms with van der Waals surface area (Å²) in [5, 5.41) is 0. The number of esters is 2. The Balaban J connectivity index is 2.91. The normalized spacial score (nSPS) is 22.0. The van der Waals surface area contributed by atoms with Gasteiger partial charge in [0.25, 0.3) is 0 Å². The Hall–Kier alpha value is -1.06. The van der Waals surface area contributed by atoms with E-state index in [4.69, 9.17) is 9.47 Å². The van der Waals surface area contributed by atoms with E-state index >= 15 is 0 Å². The Labute approximate surface area is 89.9 Å². The first-order valence-corrected chi connectivity index (χ1v) is 5.52. The number of hydrogen-bond acceptors (Lipinski definition) is 4. The molecule has 1 fully saturated rings. The third kappa shape index (κ3) is 2.30. The van der Waals surface area contributed by atoms with E-state index in [0.717, 1.165) is 12.8 Å². The fourth-order valence-electron chi connectivity index (χ4n) is 1.72. The predicted molar refractivity (Wildman–Crippen MR) is 54.2 cm³/mol. The van der Waals surface area contributed by atoms with Gasteiger partial charge in [-0.1, -0.05) is 13.8 Å². The minimum absolute atomic E-state index is 0.386. The summed E-state index contributed by atoms with van der Waals surface area (Å²) < 4.78 is 10.2. The van der Waals surface area contributed by atoms with E-state index in [-0.39, 0.29) is 0 Å². The van der Waals surface area contributed by atoms with Gasteiger partial charge in [-0.25, -0.2) is 0 Å². The minimum atomic E-state index is -1.08. The van der Waals surface area contributed by atoms with Gasteiger partial charge in [0.05, 0.1) is 13.2 Å². The summed E-state index contributed by atoms with van der Waals surface area (Å²) in [7, 11) is 0. The summed E-state index contributed by atoms with van der Waals surface area (Å²) in [5.74, 6) is -0.862. The molecule has 1 aliphatic rings. The molecular formula is C11H18O4. The summed E-state index contributed by atoms with van der Waals surface area (Å²) in [6, 6.07) is 0. The highest BCUT2D eigenvalue weighted by Crippen LogP contribution is 2.30. The molecule has 15 heavy (non-hydrogen) atoms. The second kappa shape index (κ2) is 5.14. The van der Waals surface area contributed by atoms with Gasteiger partial charge in [-0.05, 0) is 25.7 Å². The van der Waals surface area contributed by atoms with Gasteiger partial charge < -0.3 is 9.47 Å². The van der Waals surface area contributed by atoms with Gasteiger partial charge in [-0.15, -0.1) is 0 Å². The first-order chi connectivity index (χ1) is 7.17. The van der Waals surface area contributed by atoms with Gasteiger partial charge in [-0.2, -0.15) is 0 Å². The van der Waals surface area contributed by atoms with Crippen LogP contribution in [0.3, 0.4) is 0 Å². The summed E-state index contributed by atoms with van der Waals surface area (Å²) >= 11 is 0. The molecule has 0 aromatic heterocycles. The molecule has 4 heteroatoms. The van der Waals surface area contributed by atoms with E-state index in [1.165, 1.54) is 0 Å². The second-order valence-electron chi connectivity index (χ2n) is 3.77. The van der Waals surface area contributed by atoms with Crippen molar-refractivity contribution in [2.45, 2.75) is 39.5 Å². The molecule has 0 N–H and O–H groups in total. The molecule has 0 bridgehead atoms. The van der Waals surface area contributed by atoms with Crippen molar-refractivity contribution in [3.8, 4) is 0 Å². The first kappa shape index (κ1) is 12.0. The molecule has 0 saturated carbocycles. The molecule has 4 nitrogen and oxygen atoms in total. The van der Waals surface area contributed by atoms with E-state index in [1.807, 2.05) is 13.8 Å². The smallest absolute Gasteiger partial charge is 0.323 e. The topological polar surface area (TPSA) is 52.6 Å². The van der Waals surface area contributed by atoms with Crippen molar-refractivity contribution in [1.29, 1.82) is 0 Å². The highest BCUT2D eigenvalue weighted by Gasteiger charge is 2.46. The van der Waals surface area contributed by atoms with Crippen molar-refractivity contribution in [1.82, 2.24) is 0 Å². The number of ether oxygens (including phenoxy) is 2. The van der Waals surface area contributed by atoms with Gasteiger partial charge in [0.15, 0.2) is 5.41 Å².